The van der Waals surface area contributed by atoms with Crippen LogP contribution in [0.4, 0.5) is 5.69 Å². The lowest BCUT2D eigenvalue weighted by Crippen LogP contribution is -2.09. The fourth-order valence-electron chi connectivity index (χ4n) is 1.91. The maximum absolute atomic E-state index is 12.0. The zero-order valence-corrected chi connectivity index (χ0v) is 14.4. The van der Waals surface area contributed by atoms with Crippen LogP contribution in [0.3, 0.4) is 0 Å². The number of nitrogens with one attached hydrogen (secondary N) is 1. The van der Waals surface area contributed by atoms with Crippen LogP contribution in [0.2, 0.25) is 10.0 Å². The van der Waals surface area contributed by atoms with E-state index < -0.39 is 5.97 Å². The lowest BCUT2D eigenvalue weighted by Gasteiger charge is -2.05. The highest BCUT2D eigenvalue weighted by Gasteiger charge is 2.07. The Morgan fingerprint density at radius 3 is 2.62 bits per heavy atom. The Bertz CT molecular complexity index is 788. The summed E-state index contributed by atoms with van der Waals surface area (Å²) < 4.78 is 4.93. The van der Waals surface area contributed by atoms with Crippen LogP contribution in [0.15, 0.2) is 48.5 Å². The monoisotopic (exact) mass is 363 g/mol. The van der Waals surface area contributed by atoms with Crippen LogP contribution in [0.25, 0.3) is 6.08 Å². The van der Waals surface area contributed by atoms with Crippen molar-refractivity contribution in [1.29, 1.82) is 0 Å². The van der Waals surface area contributed by atoms with Crippen molar-refractivity contribution < 1.29 is 14.3 Å². The Labute approximate surface area is 150 Å². The molecule has 0 unspecified atom stereocenters. The molecule has 2 aromatic carbocycles. The Kier molecular flexibility index (Phi) is 6.41. The Morgan fingerprint density at radius 1 is 1.12 bits per heavy atom. The second-order valence-corrected chi connectivity index (χ2v) is 5.61. The summed E-state index contributed by atoms with van der Waals surface area (Å²) in [5, 5.41) is 3.55. The second-order valence-electron chi connectivity index (χ2n) is 4.80. The molecule has 0 saturated heterocycles. The number of benzene rings is 2. The molecule has 24 heavy (non-hydrogen) atoms. The first-order valence-electron chi connectivity index (χ1n) is 7.21. The molecule has 0 spiro atoms. The number of ether oxygens (including phenoxy) is 1. The van der Waals surface area contributed by atoms with E-state index in [2.05, 4.69) is 5.32 Å². The lowest BCUT2D eigenvalue weighted by atomic mass is 10.2. The molecule has 0 heterocycles. The molecule has 6 heteroatoms. The molecule has 124 valence electrons. The van der Waals surface area contributed by atoms with E-state index >= 15 is 0 Å². The van der Waals surface area contributed by atoms with Crippen LogP contribution >= 0.6 is 23.2 Å². The molecule has 0 aliphatic rings. The van der Waals surface area contributed by atoms with Gasteiger partial charge in [-0.2, -0.15) is 0 Å². The van der Waals surface area contributed by atoms with Crippen molar-refractivity contribution in [2.24, 2.45) is 0 Å². The van der Waals surface area contributed by atoms with Gasteiger partial charge >= 0.3 is 5.97 Å². The predicted octanol–water partition coefficient (Wildman–Crippen LogP) is 4.82. The lowest BCUT2D eigenvalue weighted by molar-refractivity contribution is -0.111. The van der Waals surface area contributed by atoms with E-state index in [-0.39, 0.29) is 5.91 Å². The van der Waals surface area contributed by atoms with Crippen LogP contribution < -0.4 is 5.32 Å². The van der Waals surface area contributed by atoms with Gasteiger partial charge in [-0.25, -0.2) is 4.79 Å². The van der Waals surface area contributed by atoms with Gasteiger partial charge in [-0.3, -0.25) is 4.79 Å². The summed E-state index contributed by atoms with van der Waals surface area (Å²) >= 11 is 11.8. The van der Waals surface area contributed by atoms with Crippen molar-refractivity contribution in [3.63, 3.8) is 0 Å². The SMILES string of the molecule is CCOC(=O)c1cccc(NC(=O)C=Cc2ccc(Cl)c(Cl)c2)c1. The minimum absolute atomic E-state index is 0.293. The highest BCUT2D eigenvalue weighted by atomic mass is 35.5. The molecular formula is C18H15Cl2NO3. The largest absolute Gasteiger partial charge is 0.462 e. The molecule has 0 aromatic heterocycles. The summed E-state index contributed by atoms with van der Waals surface area (Å²) in [5.41, 5.74) is 1.63. The first-order valence-corrected chi connectivity index (χ1v) is 7.96. The van der Waals surface area contributed by atoms with Crippen molar-refractivity contribution >= 4 is 46.8 Å². The van der Waals surface area contributed by atoms with Crippen molar-refractivity contribution in [1.82, 2.24) is 0 Å². The number of hydrogen-bond donors (Lipinski definition) is 1. The van der Waals surface area contributed by atoms with Gasteiger partial charge in [0, 0.05) is 11.8 Å². The fraction of sp³-hybridized carbons (Fsp3) is 0.111. The van der Waals surface area contributed by atoms with Crippen molar-refractivity contribution in [3.8, 4) is 0 Å². The summed E-state index contributed by atoms with van der Waals surface area (Å²) in [6, 6.07) is 11.6. The molecule has 2 rings (SSSR count). The van der Waals surface area contributed by atoms with Crippen LogP contribution in [0.1, 0.15) is 22.8 Å². The third-order valence-electron chi connectivity index (χ3n) is 3.01. The molecule has 0 bridgehead atoms. The van der Waals surface area contributed by atoms with Gasteiger partial charge in [-0.15, -0.1) is 0 Å². The summed E-state index contributed by atoms with van der Waals surface area (Å²) in [7, 11) is 0. The van der Waals surface area contributed by atoms with E-state index in [1.807, 2.05) is 0 Å². The van der Waals surface area contributed by atoms with Crippen LogP contribution in [-0.4, -0.2) is 18.5 Å². The van der Waals surface area contributed by atoms with E-state index in [0.717, 1.165) is 5.56 Å². The Morgan fingerprint density at radius 2 is 1.92 bits per heavy atom. The van der Waals surface area contributed by atoms with Gasteiger partial charge in [-0.05, 0) is 48.9 Å². The molecule has 0 aliphatic heterocycles. The molecule has 2 aromatic rings. The minimum atomic E-state index is -0.431. The number of carbonyl (C=O) groups is 2. The maximum Gasteiger partial charge on any atom is 0.338 e. The van der Waals surface area contributed by atoms with Crippen molar-refractivity contribution in [2.45, 2.75) is 6.92 Å². The van der Waals surface area contributed by atoms with Crippen molar-refractivity contribution in [3.05, 3.63) is 69.7 Å². The number of rotatable bonds is 5. The third kappa shape index (κ3) is 5.11. The molecule has 1 N–H and O–H groups in total. The van der Waals surface area contributed by atoms with Gasteiger partial charge in [0.15, 0.2) is 0 Å². The summed E-state index contributed by atoms with van der Waals surface area (Å²) in [5.74, 6) is -0.762. The van der Waals surface area contributed by atoms with E-state index in [9.17, 15) is 9.59 Å². The van der Waals surface area contributed by atoms with Gasteiger partial charge in [0.05, 0.1) is 22.2 Å². The zero-order chi connectivity index (χ0) is 17.5. The summed E-state index contributed by atoms with van der Waals surface area (Å²) in [6.45, 7) is 2.03. The predicted molar refractivity (Wildman–Crippen MR) is 96.5 cm³/mol. The van der Waals surface area contributed by atoms with Gasteiger partial charge in [0.1, 0.15) is 0 Å². The minimum Gasteiger partial charge on any atom is -0.462 e. The zero-order valence-electron chi connectivity index (χ0n) is 12.9. The van der Waals surface area contributed by atoms with Gasteiger partial charge in [0.2, 0.25) is 5.91 Å². The number of esters is 1. The van der Waals surface area contributed by atoms with E-state index in [4.69, 9.17) is 27.9 Å². The molecule has 4 nitrogen and oxygen atoms in total. The van der Waals surface area contributed by atoms with E-state index in [0.29, 0.717) is 27.9 Å². The molecule has 0 saturated carbocycles. The maximum atomic E-state index is 12.0. The van der Waals surface area contributed by atoms with E-state index in [1.54, 1.807) is 55.5 Å². The smallest absolute Gasteiger partial charge is 0.338 e. The first-order chi connectivity index (χ1) is 11.5. The third-order valence-corrected chi connectivity index (χ3v) is 3.75. The van der Waals surface area contributed by atoms with Crippen LogP contribution in [0.5, 0.6) is 0 Å². The highest BCUT2D eigenvalue weighted by molar-refractivity contribution is 6.42. The summed E-state index contributed by atoms with van der Waals surface area (Å²) in [6.07, 6.45) is 2.99. The van der Waals surface area contributed by atoms with Gasteiger partial charge in [0.25, 0.3) is 0 Å². The molecule has 1 amide bonds. The molecule has 0 fully saturated rings. The Balaban J connectivity index is 2.04. The van der Waals surface area contributed by atoms with Gasteiger partial charge in [-0.1, -0.05) is 35.3 Å². The van der Waals surface area contributed by atoms with Crippen molar-refractivity contribution in [2.75, 3.05) is 11.9 Å². The molecule has 0 aliphatic carbocycles. The quantitative estimate of drug-likeness (QED) is 0.611. The number of hydrogen-bond acceptors (Lipinski definition) is 3. The number of anilines is 1. The van der Waals surface area contributed by atoms with E-state index in [1.165, 1.54) is 6.08 Å². The normalized spacial score (nSPS) is 10.6. The average Bonchev–Trinajstić information content (AvgIpc) is 2.56. The summed E-state index contributed by atoms with van der Waals surface area (Å²) in [4.78, 5) is 23.7. The fourth-order valence-corrected chi connectivity index (χ4v) is 2.22. The molecule has 0 radical (unpaired) electrons. The van der Waals surface area contributed by atoms with Gasteiger partial charge < -0.3 is 10.1 Å². The Hall–Kier alpha value is -2.30. The molecule has 0 atom stereocenters. The number of halogens is 2. The highest BCUT2D eigenvalue weighted by Crippen LogP contribution is 2.23. The average molecular weight is 364 g/mol. The second kappa shape index (κ2) is 8.52. The topological polar surface area (TPSA) is 55.4 Å². The number of carbonyl (C=O) groups excluding carboxylic acids is 2. The molecular weight excluding hydrogens is 349 g/mol. The number of amides is 1. The van der Waals surface area contributed by atoms with Crippen LogP contribution in [-0.2, 0) is 9.53 Å². The standard InChI is InChI=1S/C18H15Cl2NO3/c1-2-24-18(23)13-4-3-5-14(11-13)21-17(22)9-7-12-6-8-15(19)16(20)10-12/h3-11H,2H2,1H3,(H,21,22). The first kappa shape index (κ1) is 18.0. The van der Waals surface area contributed by atoms with Crippen LogP contribution in [0, 0.1) is 0 Å².